The van der Waals surface area contributed by atoms with Gasteiger partial charge in [-0.05, 0) is 29.7 Å². The maximum atomic E-state index is 13.4. The molecule has 29 heavy (non-hydrogen) atoms. The Balaban J connectivity index is 1.18. The molecule has 6 nitrogen and oxygen atoms in total. The lowest BCUT2D eigenvalue weighted by Gasteiger charge is -2.32. The standard InChI is InChI=1S/C22H24FN5O/c23-18-5-6-21-20(13-18)24-25-28(21)19-8-10-26(11-9-19)15-22(29)27-12-7-16-3-1-2-4-17(16)14-27/h1-6,13,19H,7-12,14-15H2/p+1. The second-order valence-corrected chi connectivity index (χ2v) is 8.16. The van der Waals surface area contributed by atoms with Gasteiger partial charge in [0, 0.05) is 32.0 Å². The van der Waals surface area contributed by atoms with Crippen LogP contribution in [0.5, 0.6) is 0 Å². The molecule has 2 aliphatic rings. The van der Waals surface area contributed by atoms with Gasteiger partial charge >= 0.3 is 0 Å². The zero-order chi connectivity index (χ0) is 19.8. The Bertz CT molecular complexity index is 1040. The minimum atomic E-state index is -0.289. The lowest BCUT2D eigenvalue weighted by Crippen LogP contribution is -3.14. The SMILES string of the molecule is O=C(C[NH+]1CCC(n2nnc3cc(F)ccc32)CC1)N1CCc2ccccc2C1. The van der Waals surface area contributed by atoms with E-state index in [1.807, 2.05) is 15.6 Å². The first-order valence-electron chi connectivity index (χ1n) is 10.4. The van der Waals surface area contributed by atoms with Gasteiger partial charge in [-0.1, -0.05) is 29.5 Å². The van der Waals surface area contributed by atoms with E-state index in [4.69, 9.17) is 0 Å². The van der Waals surface area contributed by atoms with Gasteiger partial charge in [-0.3, -0.25) is 4.79 Å². The van der Waals surface area contributed by atoms with Crippen LogP contribution in [-0.2, 0) is 17.8 Å². The summed E-state index contributed by atoms with van der Waals surface area (Å²) < 4.78 is 15.3. The Morgan fingerprint density at radius 1 is 1.14 bits per heavy atom. The van der Waals surface area contributed by atoms with Crippen molar-refractivity contribution in [3.05, 3.63) is 59.4 Å². The molecule has 0 radical (unpaired) electrons. The van der Waals surface area contributed by atoms with E-state index in [1.54, 1.807) is 6.07 Å². The fraction of sp³-hybridized carbons (Fsp3) is 0.409. The van der Waals surface area contributed by atoms with Crippen molar-refractivity contribution in [1.82, 2.24) is 19.9 Å². The fourth-order valence-electron chi connectivity index (χ4n) is 4.65. The number of nitrogens with zero attached hydrogens (tertiary/aromatic N) is 4. The zero-order valence-corrected chi connectivity index (χ0v) is 16.4. The highest BCUT2D eigenvalue weighted by Gasteiger charge is 2.29. The van der Waals surface area contributed by atoms with Gasteiger partial charge in [-0.25, -0.2) is 9.07 Å². The molecule has 0 spiro atoms. The Kier molecular flexibility index (Phi) is 4.75. The summed E-state index contributed by atoms with van der Waals surface area (Å²) >= 11 is 0. The third kappa shape index (κ3) is 3.62. The number of piperidine rings is 1. The number of carbonyl (C=O) groups excluding carboxylic acids is 1. The average Bonchev–Trinajstić information content (AvgIpc) is 3.17. The third-order valence-electron chi connectivity index (χ3n) is 6.33. The lowest BCUT2D eigenvalue weighted by atomic mass is 10.00. The fourth-order valence-corrected chi connectivity index (χ4v) is 4.65. The number of halogens is 1. The number of carbonyl (C=O) groups is 1. The molecule has 1 aromatic heterocycles. The van der Waals surface area contributed by atoms with Gasteiger partial charge in [0.15, 0.2) is 6.54 Å². The molecular weight excluding hydrogens is 369 g/mol. The van der Waals surface area contributed by atoms with E-state index in [2.05, 4.69) is 28.5 Å². The van der Waals surface area contributed by atoms with Gasteiger partial charge in [-0.2, -0.15) is 0 Å². The van der Waals surface area contributed by atoms with Gasteiger partial charge < -0.3 is 9.80 Å². The van der Waals surface area contributed by atoms with Crippen LogP contribution in [-0.4, -0.2) is 52.0 Å². The summed E-state index contributed by atoms with van der Waals surface area (Å²) in [7, 11) is 0. The van der Waals surface area contributed by atoms with Crippen molar-refractivity contribution in [2.45, 2.75) is 31.8 Å². The molecule has 1 amide bonds. The van der Waals surface area contributed by atoms with Gasteiger partial charge in [0.05, 0.1) is 24.6 Å². The summed E-state index contributed by atoms with van der Waals surface area (Å²) in [4.78, 5) is 16.2. The van der Waals surface area contributed by atoms with Gasteiger partial charge in [0.25, 0.3) is 5.91 Å². The lowest BCUT2D eigenvalue weighted by molar-refractivity contribution is -0.898. The van der Waals surface area contributed by atoms with E-state index in [0.29, 0.717) is 12.1 Å². The van der Waals surface area contributed by atoms with Crippen LogP contribution in [0.2, 0.25) is 0 Å². The highest BCUT2D eigenvalue weighted by Crippen LogP contribution is 2.22. The van der Waals surface area contributed by atoms with E-state index < -0.39 is 0 Å². The smallest absolute Gasteiger partial charge is 0.278 e. The molecule has 2 aromatic carbocycles. The first-order valence-corrected chi connectivity index (χ1v) is 10.4. The number of rotatable bonds is 3. The van der Waals surface area contributed by atoms with Crippen LogP contribution >= 0.6 is 0 Å². The number of hydrogen-bond acceptors (Lipinski definition) is 3. The van der Waals surface area contributed by atoms with Gasteiger partial charge in [-0.15, -0.1) is 5.10 Å². The van der Waals surface area contributed by atoms with E-state index in [0.717, 1.165) is 51.0 Å². The molecule has 1 fully saturated rings. The number of nitrogens with one attached hydrogen (secondary N) is 1. The Labute approximate surface area is 168 Å². The van der Waals surface area contributed by atoms with Crippen molar-refractivity contribution in [2.24, 2.45) is 0 Å². The molecule has 3 heterocycles. The Morgan fingerprint density at radius 3 is 2.76 bits per heavy atom. The van der Waals surface area contributed by atoms with Crippen LogP contribution < -0.4 is 4.90 Å². The molecule has 5 rings (SSSR count). The highest BCUT2D eigenvalue weighted by molar-refractivity contribution is 5.77. The topological polar surface area (TPSA) is 55.5 Å². The molecular formula is C22H25FN5O+. The minimum Gasteiger partial charge on any atom is -0.333 e. The van der Waals surface area contributed by atoms with Crippen LogP contribution in [0.25, 0.3) is 11.0 Å². The number of amides is 1. The van der Waals surface area contributed by atoms with E-state index in [-0.39, 0.29) is 17.8 Å². The van der Waals surface area contributed by atoms with Crippen molar-refractivity contribution in [2.75, 3.05) is 26.2 Å². The van der Waals surface area contributed by atoms with Crippen LogP contribution in [0.15, 0.2) is 42.5 Å². The molecule has 0 atom stereocenters. The Morgan fingerprint density at radius 2 is 1.93 bits per heavy atom. The normalized spacial score (nSPS) is 21.9. The summed E-state index contributed by atoms with van der Waals surface area (Å²) in [6.07, 6.45) is 2.84. The summed E-state index contributed by atoms with van der Waals surface area (Å²) in [5.74, 6) is -0.0442. The number of benzene rings is 2. The molecule has 0 aliphatic carbocycles. The Hall–Kier alpha value is -2.80. The molecule has 1 N–H and O–H groups in total. The molecule has 0 saturated carbocycles. The number of fused-ring (bicyclic) bond motifs is 2. The van der Waals surface area contributed by atoms with Crippen molar-refractivity contribution in [3.8, 4) is 0 Å². The predicted octanol–water partition coefficient (Wildman–Crippen LogP) is 1.38. The summed E-state index contributed by atoms with van der Waals surface area (Å²) in [5, 5.41) is 8.36. The zero-order valence-electron chi connectivity index (χ0n) is 16.4. The van der Waals surface area contributed by atoms with Crippen LogP contribution in [0.4, 0.5) is 4.39 Å². The first kappa shape index (κ1) is 18.2. The summed E-state index contributed by atoms with van der Waals surface area (Å²) in [5.41, 5.74) is 4.11. The van der Waals surface area contributed by atoms with Crippen LogP contribution in [0.3, 0.4) is 0 Å². The predicted molar refractivity (Wildman–Crippen MR) is 107 cm³/mol. The molecule has 150 valence electrons. The monoisotopic (exact) mass is 394 g/mol. The summed E-state index contributed by atoms with van der Waals surface area (Å²) in [6.45, 7) is 3.96. The van der Waals surface area contributed by atoms with E-state index in [1.165, 1.54) is 28.2 Å². The first-order chi connectivity index (χ1) is 14.2. The van der Waals surface area contributed by atoms with Crippen molar-refractivity contribution in [1.29, 1.82) is 0 Å². The number of quaternary nitrogens is 1. The van der Waals surface area contributed by atoms with Gasteiger partial charge in [0.2, 0.25) is 0 Å². The molecule has 2 aliphatic heterocycles. The maximum Gasteiger partial charge on any atom is 0.278 e. The van der Waals surface area contributed by atoms with E-state index in [9.17, 15) is 9.18 Å². The quantitative estimate of drug-likeness (QED) is 0.730. The molecule has 7 heteroatoms. The maximum absolute atomic E-state index is 13.4. The second kappa shape index (κ2) is 7.55. The summed E-state index contributed by atoms with van der Waals surface area (Å²) in [6, 6.07) is 13.3. The van der Waals surface area contributed by atoms with Crippen LogP contribution in [0.1, 0.15) is 30.0 Å². The number of hydrogen-bond donors (Lipinski definition) is 1. The second-order valence-electron chi connectivity index (χ2n) is 8.16. The van der Waals surface area contributed by atoms with Crippen molar-refractivity contribution < 1.29 is 14.1 Å². The minimum absolute atomic E-state index is 0.245. The van der Waals surface area contributed by atoms with Gasteiger partial charge in [0.1, 0.15) is 11.3 Å². The van der Waals surface area contributed by atoms with Crippen LogP contribution in [0, 0.1) is 5.82 Å². The molecule has 3 aromatic rings. The number of likely N-dealkylation sites (tertiary alicyclic amines) is 1. The molecule has 0 unspecified atom stereocenters. The highest BCUT2D eigenvalue weighted by atomic mass is 19.1. The molecule has 0 bridgehead atoms. The third-order valence-corrected chi connectivity index (χ3v) is 6.33. The molecule has 1 saturated heterocycles. The average molecular weight is 394 g/mol. The van der Waals surface area contributed by atoms with Crippen molar-refractivity contribution >= 4 is 16.9 Å². The largest absolute Gasteiger partial charge is 0.333 e. The van der Waals surface area contributed by atoms with E-state index >= 15 is 0 Å². The number of aromatic nitrogens is 3. The van der Waals surface area contributed by atoms with Crippen molar-refractivity contribution in [3.63, 3.8) is 0 Å².